The minimum absolute atomic E-state index is 0.00171. The van der Waals surface area contributed by atoms with Gasteiger partial charge < -0.3 is 15.1 Å². The number of aromatic nitrogens is 1. The molecule has 3 amide bonds. The number of hydrogen-bond donors (Lipinski definition) is 1. The Morgan fingerprint density at radius 1 is 1.25 bits per heavy atom. The lowest BCUT2D eigenvalue weighted by atomic mass is 10.1. The van der Waals surface area contributed by atoms with Crippen molar-refractivity contribution in [1.29, 1.82) is 0 Å². The average Bonchev–Trinajstić information content (AvgIpc) is 2.83. The second kappa shape index (κ2) is 8.42. The van der Waals surface area contributed by atoms with E-state index in [2.05, 4.69) is 10.3 Å². The van der Waals surface area contributed by atoms with Crippen LogP contribution in [0.25, 0.3) is 0 Å². The van der Waals surface area contributed by atoms with Crippen LogP contribution >= 0.6 is 0 Å². The van der Waals surface area contributed by atoms with E-state index in [1.54, 1.807) is 29.2 Å². The van der Waals surface area contributed by atoms with Crippen LogP contribution in [0.15, 0.2) is 24.5 Å². The van der Waals surface area contributed by atoms with Gasteiger partial charge in [-0.1, -0.05) is 6.07 Å². The van der Waals surface area contributed by atoms with Crippen LogP contribution in [0.2, 0.25) is 0 Å². The van der Waals surface area contributed by atoms with Crippen LogP contribution in [0.4, 0.5) is 0 Å². The number of rotatable bonds is 4. The first-order valence-corrected chi connectivity index (χ1v) is 8.15. The van der Waals surface area contributed by atoms with Crippen molar-refractivity contribution in [3.8, 4) is 0 Å². The van der Waals surface area contributed by atoms with E-state index in [0.717, 1.165) is 5.56 Å². The van der Waals surface area contributed by atoms with Crippen LogP contribution in [-0.2, 0) is 20.8 Å². The fraction of sp³-hybridized carbons (Fsp3) is 0.529. The summed E-state index contributed by atoms with van der Waals surface area (Å²) in [4.78, 5) is 43.6. The summed E-state index contributed by atoms with van der Waals surface area (Å²) in [5, 5.41) is 2.62. The van der Waals surface area contributed by atoms with Crippen molar-refractivity contribution in [1.82, 2.24) is 20.1 Å². The zero-order valence-corrected chi connectivity index (χ0v) is 14.2. The predicted octanol–water partition coefficient (Wildman–Crippen LogP) is 0.0671. The van der Waals surface area contributed by atoms with Gasteiger partial charge in [-0.25, -0.2) is 0 Å². The molecule has 0 aliphatic carbocycles. The van der Waals surface area contributed by atoms with Crippen LogP contribution < -0.4 is 5.32 Å². The standard InChI is InChI=1S/C17H24N4O3/c1-13(22)20-8-9-21(12-15(11-20)17(24)18-2)16(23)6-5-14-4-3-7-19-10-14/h3-4,7,10,15H,5-6,8-9,11-12H2,1-2H3,(H,18,24)/t15-/m1/s1. The zero-order valence-electron chi connectivity index (χ0n) is 14.2. The Bertz CT molecular complexity index is 591. The molecule has 24 heavy (non-hydrogen) atoms. The largest absolute Gasteiger partial charge is 0.359 e. The summed E-state index contributed by atoms with van der Waals surface area (Å²) in [5.41, 5.74) is 1.01. The maximum absolute atomic E-state index is 12.5. The smallest absolute Gasteiger partial charge is 0.226 e. The SMILES string of the molecule is CNC(=O)[C@@H]1CN(C(C)=O)CCN(C(=O)CCc2cccnc2)C1. The number of aryl methyl sites for hydroxylation is 1. The Hall–Kier alpha value is -2.44. The topological polar surface area (TPSA) is 82.6 Å². The van der Waals surface area contributed by atoms with Crippen molar-refractivity contribution in [2.45, 2.75) is 19.8 Å². The van der Waals surface area contributed by atoms with Gasteiger partial charge in [0.05, 0.1) is 5.92 Å². The molecule has 0 saturated carbocycles. The highest BCUT2D eigenvalue weighted by molar-refractivity contribution is 5.82. The molecule has 1 N–H and O–H groups in total. The summed E-state index contributed by atoms with van der Waals surface area (Å²) in [5.74, 6) is -0.622. The maximum Gasteiger partial charge on any atom is 0.226 e. The number of pyridine rings is 1. The van der Waals surface area contributed by atoms with Crippen LogP contribution in [0.5, 0.6) is 0 Å². The lowest BCUT2D eigenvalue weighted by Gasteiger charge is -2.23. The third kappa shape index (κ3) is 4.78. The minimum atomic E-state index is -0.399. The summed E-state index contributed by atoms with van der Waals surface area (Å²) in [6, 6.07) is 3.78. The number of nitrogens with one attached hydrogen (secondary N) is 1. The Balaban J connectivity index is 2.00. The Kier molecular flexibility index (Phi) is 6.28. The van der Waals surface area contributed by atoms with E-state index < -0.39 is 5.92 Å². The third-order valence-corrected chi connectivity index (χ3v) is 4.29. The van der Waals surface area contributed by atoms with Crippen LogP contribution in [0, 0.1) is 5.92 Å². The molecule has 130 valence electrons. The van der Waals surface area contributed by atoms with Crippen molar-refractivity contribution >= 4 is 17.7 Å². The first kappa shape index (κ1) is 17.9. The molecule has 0 unspecified atom stereocenters. The Labute approximate surface area is 142 Å². The molecule has 0 spiro atoms. The van der Waals surface area contributed by atoms with Gasteiger partial charge in [0.25, 0.3) is 0 Å². The van der Waals surface area contributed by atoms with Gasteiger partial charge in [-0.15, -0.1) is 0 Å². The van der Waals surface area contributed by atoms with Crippen molar-refractivity contribution in [2.75, 3.05) is 33.2 Å². The average molecular weight is 332 g/mol. The summed E-state index contributed by atoms with van der Waals surface area (Å²) >= 11 is 0. The second-order valence-electron chi connectivity index (χ2n) is 5.98. The second-order valence-corrected chi connectivity index (χ2v) is 5.98. The fourth-order valence-corrected chi connectivity index (χ4v) is 2.85. The van der Waals surface area contributed by atoms with E-state index in [9.17, 15) is 14.4 Å². The number of carbonyl (C=O) groups excluding carboxylic acids is 3. The first-order chi connectivity index (χ1) is 11.5. The molecule has 0 radical (unpaired) electrons. The molecule has 2 rings (SSSR count). The first-order valence-electron chi connectivity index (χ1n) is 8.15. The molecule has 0 bridgehead atoms. The van der Waals surface area contributed by atoms with Gasteiger partial charge in [0, 0.05) is 59.0 Å². The summed E-state index contributed by atoms with van der Waals surface area (Å²) in [6.45, 7) is 3.10. The highest BCUT2D eigenvalue weighted by Gasteiger charge is 2.30. The van der Waals surface area contributed by atoms with Crippen molar-refractivity contribution in [3.63, 3.8) is 0 Å². The number of nitrogens with zero attached hydrogens (tertiary/aromatic N) is 3. The molecule has 1 saturated heterocycles. The normalized spacial score (nSPS) is 18.0. The van der Waals surface area contributed by atoms with E-state index in [-0.39, 0.29) is 17.7 Å². The zero-order chi connectivity index (χ0) is 17.5. The molecule has 7 heteroatoms. The molecule has 1 aliphatic heterocycles. The van der Waals surface area contributed by atoms with Crippen molar-refractivity contribution in [3.05, 3.63) is 30.1 Å². The molecule has 2 heterocycles. The molecule has 1 fully saturated rings. The molecule has 1 aromatic rings. The van der Waals surface area contributed by atoms with E-state index >= 15 is 0 Å². The maximum atomic E-state index is 12.5. The molecule has 1 atom stereocenters. The van der Waals surface area contributed by atoms with Gasteiger partial charge in [-0.2, -0.15) is 0 Å². The van der Waals surface area contributed by atoms with E-state index in [4.69, 9.17) is 0 Å². The molecule has 1 aromatic heterocycles. The molecule has 0 aromatic carbocycles. The number of hydrogen-bond acceptors (Lipinski definition) is 4. The van der Waals surface area contributed by atoms with E-state index in [1.807, 2.05) is 12.1 Å². The van der Waals surface area contributed by atoms with Gasteiger partial charge in [0.1, 0.15) is 0 Å². The lowest BCUT2D eigenvalue weighted by molar-refractivity contribution is -0.133. The van der Waals surface area contributed by atoms with Gasteiger partial charge >= 0.3 is 0 Å². The van der Waals surface area contributed by atoms with Gasteiger partial charge in [-0.05, 0) is 18.1 Å². The summed E-state index contributed by atoms with van der Waals surface area (Å²) in [7, 11) is 1.57. The molecular weight excluding hydrogens is 308 g/mol. The van der Waals surface area contributed by atoms with Crippen LogP contribution in [-0.4, -0.2) is 65.7 Å². The van der Waals surface area contributed by atoms with E-state index in [1.165, 1.54) is 6.92 Å². The van der Waals surface area contributed by atoms with Gasteiger partial charge in [-0.3, -0.25) is 19.4 Å². The van der Waals surface area contributed by atoms with Crippen molar-refractivity contribution < 1.29 is 14.4 Å². The summed E-state index contributed by atoms with van der Waals surface area (Å²) in [6.07, 6.45) is 4.43. The lowest BCUT2D eigenvalue weighted by Crippen LogP contribution is -2.42. The number of carbonyl (C=O) groups is 3. The summed E-state index contributed by atoms with van der Waals surface area (Å²) < 4.78 is 0. The molecular formula is C17H24N4O3. The highest BCUT2D eigenvalue weighted by Crippen LogP contribution is 2.13. The quantitative estimate of drug-likeness (QED) is 0.846. The van der Waals surface area contributed by atoms with Gasteiger partial charge in [0.2, 0.25) is 17.7 Å². The molecule has 1 aliphatic rings. The molecule has 7 nitrogen and oxygen atoms in total. The van der Waals surface area contributed by atoms with E-state index in [0.29, 0.717) is 39.0 Å². The number of amides is 3. The Morgan fingerprint density at radius 3 is 2.58 bits per heavy atom. The van der Waals surface area contributed by atoms with Crippen LogP contribution in [0.3, 0.4) is 0 Å². The third-order valence-electron chi connectivity index (χ3n) is 4.29. The Morgan fingerprint density at radius 2 is 1.96 bits per heavy atom. The minimum Gasteiger partial charge on any atom is -0.359 e. The fourth-order valence-electron chi connectivity index (χ4n) is 2.85. The predicted molar refractivity (Wildman–Crippen MR) is 88.9 cm³/mol. The van der Waals surface area contributed by atoms with Crippen molar-refractivity contribution in [2.24, 2.45) is 5.92 Å². The monoisotopic (exact) mass is 332 g/mol. The highest BCUT2D eigenvalue weighted by atomic mass is 16.2. The van der Waals surface area contributed by atoms with Gasteiger partial charge in [0.15, 0.2) is 0 Å². The van der Waals surface area contributed by atoms with Crippen LogP contribution in [0.1, 0.15) is 18.9 Å².